The number of aryl methyl sites for hydroxylation is 1. The van der Waals surface area contributed by atoms with Crippen LogP contribution in [0, 0.1) is 24.1 Å². The Morgan fingerprint density at radius 2 is 1.82 bits per heavy atom. The van der Waals surface area contributed by atoms with Crippen molar-refractivity contribution in [2.75, 3.05) is 11.9 Å². The highest BCUT2D eigenvalue weighted by Crippen LogP contribution is 2.35. The molecule has 0 aliphatic rings. The van der Waals surface area contributed by atoms with Crippen LogP contribution in [0.2, 0.25) is 0 Å². The Balaban J connectivity index is 1.85. The van der Waals surface area contributed by atoms with Gasteiger partial charge < -0.3 is 14.8 Å². The first-order chi connectivity index (χ1) is 15.9. The van der Waals surface area contributed by atoms with Crippen LogP contribution in [0.3, 0.4) is 0 Å². The molecule has 0 saturated carbocycles. The summed E-state index contributed by atoms with van der Waals surface area (Å²) in [6, 6.07) is 18.8. The number of halogens is 2. The molecule has 0 heterocycles. The van der Waals surface area contributed by atoms with Crippen LogP contribution in [-0.4, -0.2) is 12.5 Å². The fourth-order valence-electron chi connectivity index (χ4n) is 2.99. The van der Waals surface area contributed by atoms with E-state index in [1.807, 2.05) is 38.1 Å². The molecule has 1 amide bonds. The van der Waals surface area contributed by atoms with Gasteiger partial charge in [0.15, 0.2) is 11.5 Å². The number of hydrogen-bond donors (Lipinski definition) is 1. The number of anilines is 1. The van der Waals surface area contributed by atoms with Crippen LogP contribution in [0.25, 0.3) is 6.08 Å². The van der Waals surface area contributed by atoms with Crippen molar-refractivity contribution in [3.8, 4) is 17.6 Å². The van der Waals surface area contributed by atoms with E-state index in [1.54, 1.807) is 30.3 Å². The summed E-state index contributed by atoms with van der Waals surface area (Å²) in [4.78, 5) is 12.7. The summed E-state index contributed by atoms with van der Waals surface area (Å²) in [5, 5.41) is 12.3. The number of para-hydroxylation sites is 1. The molecular formula is C26H22BrFN2O3. The molecule has 0 saturated heterocycles. The van der Waals surface area contributed by atoms with E-state index in [9.17, 15) is 14.4 Å². The number of ether oxygens (including phenoxy) is 2. The standard InChI is InChI=1S/C26H22BrFN2O3/c1-3-32-24-13-19(12-20(15-29)26(31)30-23-7-5-4-6-17(23)2)22(27)14-25(24)33-16-18-8-10-21(28)11-9-18/h4-14H,3,16H2,1-2H3,(H,30,31)/b20-12+. The van der Waals surface area contributed by atoms with Crippen molar-refractivity contribution in [1.29, 1.82) is 5.26 Å². The lowest BCUT2D eigenvalue weighted by molar-refractivity contribution is -0.112. The minimum Gasteiger partial charge on any atom is -0.490 e. The third kappa shape index (κ3) is 6.43. The van der Waals surface area contributed by atoms with Crippen LogP contribution in [0.4, 0.5) is 10.1 Å². The number of nitrogens with one attached hydrogen (secondary N) is 1. The van der Waals surface area contributed by atoms with E-state index in [0.717, 1.165) is 11.1 Å². The second-order valence-corrected chi connectivity index (χ2v) is 7.96. The molecule has 0 atom stereocenters. The lowest BCUT2D eigenvalue weighted by Gasteiger charge is -2.14. The van der Waals surface area contributed by atoms with E-state index < -0.39 is 5.91 Å². The maximum atomic E-state index is 13.1. The average Bonchev–Trinajstić information content (AvgIpc) is 2.80. The van der Waals surface area contributed by atoms with Crippen molar-refractivity contribution < 1.29 is 18.7 Å². The van der Waals surface area contributed by atoms with Gasteiger partial charge in [0.2, 0.25) is 0 Å². The molecule has 7 heteroatoms. The Kier molecular flexibility index (Phi) is 8.22. The third-order valence-electron chi connectivity index (χ3n) is 4.73. The summed E-state index contributed by atoms with van der Waals surface area (Å²) in [6.07, 6.45) is 1.49. The van der Waals surface area contributed by atoms with Crippen molar-refractivity contribution in [2.24, 2.45) is 0 Å². The number of carbonyl (C=O) groups is 1. The number of nitrogens with zero attached hydrogens (tertiary/aromatic N) is 1. The zero-order valence-electron chi connectivity index (χ0n) is 18.2. The molecule has 1 N–H and O–H groups in total. The van der Waals surface area contributed by atoms with Crippen molar-refractivity contribution in [3.05, 3.63) is 93.2 Å². The van der Waals surface area contributed by atoms with Gasteiger partial charge >= 0.3 is 0 Å². The minimum atomic E-state index is -0.506. The molecule has 3 aromatic carbocycles. The van der Waals surface area contributed by atoms with E-state index in [-0.39, 0.29) is 18.0 Å². The fourth-order valence-corrected chi connectivity index (χ4v) is 3.43. The molecule has 0 aliphatic heterocycles. The minimum absolute atomic E-state index is 0.0543. The van der Waals surface area contributed by atoms with Gasteiger partial charge in [-0.25, -0.2) is 4.39 Å². The van der Waals surface area contributed by atoms with Gasteiger partial charge in [-0.3, -0.25) is 4.79 Å². The lowest BCUT2D eigenvalue weighted by atomic mass is 10.1. The molecule has 0 unspecified atom stereocenters. The Morgan fingerprint density at radius 3 is 2.48 bits per heavy atom. The van der Waals surface area contributed by atoms with Crippen molar-refractivity contribution in [1.82, 2.24) is 0 Å². The van der Waals surface area contributed by atoms with Crippen LogP contribution in [0.5, 0.6) is 11.5 Å². The van der Waals surface area contributed by atoms with Crippen LogP contribution >= 0.6 is 15.9 Å². The molecule has 3 rings (SSSR count). The van der Waals surface area contributed by atoms with Gasteiger partial charge in [-0.05, 0) is 66.9 Å². The first-order valence-electron chi connectivity index (χ1n) is 10.2. The first kappa shape index (κ1) is 24.0. The highest BCUT2D eigenvalue weighted by molar-refractivity contribution is 9.10. The fraction of sp³-hybridized carbons (Fsp3) is 0.154. The average molecular weight is 509 g/mol. The lowest BCUT2D eigenvalue weighted by Crippen LogP contribution is -2.14. The molecule has 0 radical (unpaired) electrons. The van der Waals surface area contributed by atoms with Gasteiger partial charge in [0.1, 0.15) is 24.1 Å². The largest absolute Gasteiger partial charge is 0.490 e. The molecule has 0 aliphatic carbocycles. The smallest absolute Gasteiger partial charge is 0.266 e. The van der Waals surface area contributed by atoms with E-state index in [4.69, 9.17) is 9.47 Å². The number of hydrogen-bond acceptors (Lipinski definition) is 4. The van der Waals surface area contributed by atoms with E-state index in [0.29, 0.717) is 33.8 Å². The molecular weight excluding hydrogens is 487 g/mol. The molecule has 0 bridgehead atoms. The van der Waals surface area contributed by atoms with Gasteiger partial charge in [-0.15, -0.1) is 0 Å². The monoisotopic (exact) mass is 508 g/mol. The zero-order valence-corrected chi connectivity index (χ0v) is 19.8. The van der Waals surface area contributed by atoms with Gasteiger partial charge in [-0.2, -0.15) is 5.26 Å². The van der Waals surface area contributed by atoms with Gasteiger partial charge in [0.05, 0.1) is 6.61 Å². The van der Waals surface area contributed by atoms with Gasteiger partial charge in [0.25, 0.3) is 5.91 Å². The quantitative estimate of drug-likeness (QED) is 0.281. The molecule has 0 fully saturated rings. The first-order valence-corrected chi connectivity index (χ1v) is 11.0. The zero-order chi connectivity index (χ0) is 23.8. The van der Waals surface area contributed by atoms with Crippen LogP contribution in [0.1, 0.15) is 23.6 Å². The highest BCUT2D eigenvalue weighted by atomic mass is 79.9. The van der Waals surface area contributed by atoms with E-state index >= 15 is 0 Å². The number of nitriles is 1. The van der Waals surface area contributed by atoms with Crippen molar-refractivity contribution >= 4 is 33.6 Å². The Bertz CT molecular complexity index is 1220. The highest BCUT2D eigenvalue weighted by Gasteiger charge is 2.15. The molecule has 0 spiro atoms. The maximum Gasteiger partial charge on any atom is 0.266 e. The normalized spacial score (nSPS) is 10.9. The summed E-state index contributed by atoms with van der Waals surface area (Å²) in [5.74, 6) is 0.124. The Hall–Kier alpha value is -3.63. The molecule has 5 nitrogen and oxygen atoms in total. The summed E-state index contributed by atoms with van der Waals surface area (Å²) in [5.41, 5.74) is 2.87. The van der Waals surface area contributed by atoms with E-state index in [2.05, 4.69) is 21.2 Å². The van der Waals surface area contributed by atoms with Crippen LogP contribution in [0.15, 0.2) is 70.7 Å². The predicted molar refractivity (Wildman–Crippen MR) is 129 cm³/mol. The van der Waals surface area contributed by atoms with Gasteiger partial charge in [-0.1, -0.05) is 46.3 Å². The Labute approximate surface area is 200 Å². The maximum absolute atomic E-state index is 13.1. The number of amides is 1. The van der Waals surface area contributed by atoms with Crippen LogP contribution in [-0.2, 0) is 11.4 Å². The third-order valence-corrected chi connectivity index (χ3v) is 5.42. The summed E-state index contributed by atoms with van der Waals surface area (Å²) >= 11 is 3.48. The summed E-state index contributed by atoms with van der Waals surface area (Å²) < 4.78 is 25.3. The molecule has 0 aromatic heterocycles. The summed E-state index contributed by atoms with van der Waals surface area (Å²) in [7, 11) is 0. The van der Waals surface area contributed by atoms with Crippen molar-refractivity contribution in [3.63, 3.8) is 0 Å². The number of carbonyl (C=O) groups excluding carboxylic acids is 1. The Morgan fingerprint density at radius 1 is 1.12 bits per heavy atom. The summed E-state index contributed by atoms with van der Waals surface area (Å²) in [6.45, 7) is 4.35. The second-order valence-electron chi connectivity index (χ2n) is 7.11. The topological polar surface area (TPSA) is 71.3 Å². The number of rotatable bonds is 8. The second kappa shape index (κ2) is 11.3. The molecule has 3 aromatic rings. The number of benzene rings is 3. The van der Waals surface area contributed by atoms with Crippen molar-refractivity contribution in [2.45, 2.75) is 20.5 Å². The van der Waals surface area contributed by atoms with Crippen LogP contribution < -0.4 is 14.8 Å². The molecule has 33 heavy (non-hydrogen) atoms. The van der Waals surface area contributed by atoms with E-state index in [1.165, 1.54) is 18.2 Å². The predicted octanol–water partition coefficient (Wildman–Crippen LogP) is 6.42. The van der Waals surface area contributed by atoms with Gasteiger partial charge in [0, 0.05) is 10.2 Å². The molecule has 168 valence electrons. The SMILES string of the molecule is CCOc1cc(/C=C(\C#N)C(=O)Nc2ccccc2C)c(Br)cc1OCc1ccc(F)cc1.